The van der Waals surface area contributed by atoms with E-state index in [1.165, 1.54) is 0 Å². The van der Waals surface area contributed by atoms with Gasteiger partial charge in [-0.3, -0.25) is 10.4 Å². The summed E-state index contributed by atoms with van der Waals surface area (Å²) in [5.74, 6) is 1.65. The Morgan fingerprint density at radius 2 is 2.04 bits per heavy atom. The van der Waals surface area contributed by atoms with Crippen molar-refractivity contribution in [2.75, 3.05) is 17.2 Å². The van der Waals surface area contributed by atoms with Crippen molar-refractivity contribution in [3.63, 3.8) is 0 Å². The van der Waals surface area contributed by atoms with Gasteiger partial charge in [-0.05, 0) is 11.6 Å². The molecule has 3 N–H and O–H groups in total. The number of benzene rings is 1. The van der Waals surface area contributed by atoms with E-state index in [9.17, 15) is 0 Å². The van der Waals surface area contributed by atoms with E-state index in [0.717, 1.165) is 35.9 Å². The molecule has 0 radical (unpaired) electrons. The number of nitrogens with zero attached hydrogens (tertiary/aromatic N) is 3. The topological polar surface area (TPSA) is 78.6 Å². The molecule has 1 aliphatic rings. The number of hydrogen-bond acceptors (Lipinski definition) is 5. The average molecular weight is 318 g/mol. The fraction of sp³-hybridized carbons (Fsp3) is 0.167. The van der Waals surface area contributed by atoms with Gasteiger partial charge >= 0.3 is 0 Å². The van der Waals surface area contributed by atoms with Crippen LogP contribution in [0.25, 0.3) is 11.3 Å². The Labute approximate surface area is 139 Å². The molecule has 1 aliphatic heterocycles. The maximum absolute atomic E-state index is 8.48. The van der Waals surface area contributed by atoms with Gasteiger partial charge in [0, 0.05) is 37.6 Å². The van der Waals surface area contributed by atoms with E-state index in [2.05, 4.69) is 15.6 Å². The van der Waals surface area contributed by atoms with E-state index in [4.69, 9.17) is 10.4 Å². The van der Waals surface area contributed by atoms with Crippen molar-refractivity contribution in [3.8, 4) is 11.3 Å². The normalized spacial score (nSPS) is 12.5. The second-order valence-corrected chi connectivity index (χ2v) is 5.67. The minimum Gasteiger partial charge on any atom is -0.367 e. The molecule has 0 spiro atoms. The molecule has 2 aromatic heterocycles. The van der Waals surface area contributed by atoms with Crippen LogP contribution in [0.2, 0.25) is 0 Å². The van der Waals surface area contributed by atoms with Crippen molar-refractivity contribution >= 4 is 11.6 Å². The summed E-state index contributed by atoms with van der Waals surface area (Å²) in [5, 5.41) is 15.2. The van der Waals surface area contributed by atoms with E-state index in [1.54, 1.807) is 6.20 Å². The second kappa shape index (κ2) is 6.16. The van der Waals surface area contributed by atoms with E-state index < -0.39 is 0 Å². The van der Waals surface area contributed by atoms with Gasteiger partial charge in [0.15, 0.2) is 17.1 Å². The third kappa shape index (κ3) is 2.62. The summed E-state index contributed by atoms with van der Waals surface area (Å²) in [4.78, 5) is 8.86. The first-order valence-corrected chi connectivity index (χ1v) is 7.94. The average Bonchev–Trinajstić information content (AvgIpc) is 3.13. The number of anilines is 2. The molecule has 0 saturated carbocycles. The minimum atomic E-state index is 0.438. The summed E-state index contributed by atoms with van der Waals surface area (Å²) in [7, 11) is 0. The van der Waals surface area contributed by atoms with Crippen molar-refractivity contribution in [2.24, 2.45) is 0 Å². The molecular weight excluding hydrogens is 300 g/mol. The van der Waals surface area contributed by atoms with Crippen molar-refractivity contribution < 1.29 is 0 Å². The van der Waals surface area contributed by atoms with E-state index in [0.29, 0.717) is 17.7 Å². The number of pyridine rings is 1. The molecule has 0 fully saturated rings. The highest BCUT2D eigenvalue weighted by atomic mass is 15.2. The first kappa shape index (κ1) is 14.4. The molecule has 3 heterocycles. The number of rotatable bonds is 4. The van der Waals surface area contributed by atoms with Crippen LogP contribution in [-0.4, -0.2) is 21.1 Å². The Hall–Kier alpha value is -3.15. The highest BCUT2D eigenvalue weighted by Crippen LogP contribution is 2.25. The van der Waals surface area contributed by atoms with Crippen molar-refractivity contribution in [2.45, 2.75) is 13.1 Å². The van der Waals surface area contributed by atoms with Gasteiger partial charge in [-0.15, -0.1) is 0 Å². The van der Waals surface area contributed by atoms with Gasteiger partial charge in [0.2, 0.25) is 0 Å². The molecule has 120 valence electrons. The molecule has 0 aliphatic carbocycles. The summed E-state index contributed by atoms with van der Waals surface area (Å²) in [6.45, 7) is 2.23. The van der Waals surface area contributed by atoms with Crippen molar-refractivity contribution in [1.29, 1.82) is 5.41 Å². The van der Waals surface area contributed by atoms with Crippen LogP contribution in [-0.2, 0) is 13.1 Å². The predicted octanol–water partition coefficient (Wildman–Crippen LogP) is 2.46. The molecule has 4 rings (SSSR count). The smallest absolute Gasteiger partial charge is 0.168 e. The highest BCUT2D eigenvalue weighted by Gasteiger charge is 2.19. The number of fused-ring (bicyclic) bond motifs is 1. The first-order valence-electron chi connectivity index (χ1n) is 7.94. The highest BCUT2D eigenvalue weighted by molar-refractivity contribution is 5.68. The lowest BCUT2D eigenvalue weighted by Crippen LogP contribution is -2.23. The van der Waals surface area contributed by atoms with Crippen LogP contribution in [0, 0.1) is 5.41 Å². The van der Waals surface area contributed by atoms with Crippen LogP contribution in [0.1, 0.15) is 5.56 Å². The quantitative estimate of drug-likeness (QED) is 0.690. The fourth-order valence-corrected chi connectivity index (χ4v) is 2.88. The molecule has 0 unspecified atom stereocenters. The van der Waals surface area contributed by atoms with E-state index >= 15 is 0 Å². The summed E-state index contributed by atoms with van der Waals surface area (Å²) in [5.41, 5.74) is 3.17. The van der Waals surface area contributed by atoms with Gasteiger partial charge in [-0.2, -0.15) is 0 Å². The van der Waals surface area contributed by atoms with Gasteiger partial charge in [0.25, 0.3) is 0 Å². The molecule has 0 amide bonds. The van der Waals surface area contributed by atoms with E-state index in [-0.39, 0.29) is 0 Å². The van der Waals surface area contributed by atoms with Crippen LogP contribution >= 0.6 is 0 Å². The maximum atomic E-state index is 8.48. The molecule has 6 nitrogen and oxygen atoms in total. The predicted molar refractivity (Wildman–Crippen MR) is 93.6 cm³/mol. The van der Waals surface area contributed by atoms with Crippen molar-refractivity contribution in [1.82, 2.24) is 14.5 Å². The van der Waals surface area contributed by atoms with Gasteiger partial charge in [0.1, 0.15) is 5.69 Å². The lowest BCUT2D eigenvalue weighted by Gasteiger charge is -2.14. The van der Waals surface area contributed by atoms with Crippen LogP contribution in [0.3, 0.4) is 0 Å². The summed E-state index contributed by atoms with van der Waals surface area (Å²) in [6.07, 6.45) is 3.60. The molecule has 6 heteroatoms. The van der Waals surface area contributed by atoms with Crippen LogP contribution in [0.5, 0.6) is 0 Å². The zero-order chi connectivity index (χ0) is 16.4. The van der Waals surface area contributed by atoms with Crippen molar-refractivity contribution in [3.05, 3.63) is 65.9 Å². The molecule has 0 atom stereocenters. The maximum Gasteiger partial charge on any atom is 0.168 e. The molecule has 0 saturated heterocycles. The Bertz CT molecular complexity index is 902. The third-order valence-corrected chi connectivity index (χ3v) is 4.07. The van der Waals surface area contributed by atoms with Crippen LogP contribution in [0.15, 0.2) is 54.9 Å². The Morgan fingerprint density at radius 1 is 1.17 bits per heavy atom. The monoisotopic (exact) mass is 318 g/mol. The zero-order valence-corrected chi connectivity index (χ0v) is 13.2. The summed E-state index contributed by atoms with van der Waals surface area (Å²) >= 11 is 0. The van der Waals surface area contributed by atoms with Gasteiger partial charge in [-0.25, -0.2) is 4.98 Å². The van der Waals surface area contributed by atoms with E-state index in [1.807, 2.05) is 53.2 Å². The van der Waals surface area contributed by atoms with Crippen LogP contribution < -0.4 is 16.1 Å². The zero-order valence-electron chi connectivity index (χ0n) is 13.2. The summed E-state index contributed by atoms with van der Waals surface area (Å²) < 4.78 is 1.97. The molecule has 0 bridgehead atoms. The lowest BCUT2D eigenvalue weighted by molar-refractivity contribution is 0.740. The van der Waals surface area contributed by atoms with Crippen LogP contribution in [0.4, 0.5) is 11.6 Å². The third-order valence-electron chi connectivity index (χ3n) is 4.07. The number of aromatic nitrogens is 3. The molecule has 1 aromatic carbocycles. The number of hydrogen-bond donors (Lipinski definition) is 3. The van der Waals surface area contributed by atoms with Gasteiger partial charge in [0.05, 0.1) is 0 Å². The first-order chi connectivity index (χ1) is 11.8. The molecule has 3 aromatic rings. The second-order valence-electron chi connectivity index (χ2n) is 5.67. The Morgan fingerprint density at radius 3 is 2.83 bits per heavy atom. The largest absolute Gasteiger partial charge is 0.367 e. The standard InChI is InChI=1S/C18H18N6/c19-16-15(14-6-2-1-3-7-14)23-17(18-21-9-10-24(16)18)22-12-13-5-4-8-20-11-13/h1-8,11,19,21-22H,9-10,12H2. The summed E-state index contributed by atoms with van der Waals surface area (Å²) in [6, 6.07) is 13.8. The SMILES string of the molecule is N=c1c(-c2ccccc2)nc(NCc2cccnc2)c2n1CCN2. The Kier molecular flexibility index (Phi) is 3.70. The number of nitrogens with one attached hydrogen (secondary N) is 3. The molecular formula is C18H18N6. The van der Waals surface area contributed by atoms with Gasteiger partial charge in [-0.1, -0.05) is 36.4 Å². The fourth-order valence-electron chi connectivity index (χ4n) is 2.88. The van der Waals surface area contributed by atoms with Gasteiger partial charge < -0.3 is 15.2 Å². The minimum absolute atomic E-state index is 0.438. The Balaban J connectivity index is 1.74. The lowest BCUT2D eigenvalue weighted by atomic mass is 10.1. The molecule has 24 heavy (non-hydrogen) atoms.